The highest BCUT2D eigenvalue weighted by atomic mass is 19.1. The number of carbonyl (C=O) groups excluding carboxylic acids is 1. The molecule has 0 aromatic heterocycles. The van der Waals surface area contributed by atoms with Crippen LogP contribution in [0, 0.1) is 0 Å². The summed E-state index contributed by atoms with van der Waals surface area (Å²) in [6.07, 6.45) is -0.281. The van der Waals surface area contributed by atoms with Gasteiger partial charge in [-0.2, -0.15) is 0 Å². The van der Waals surface area contributed by atoms with Crippen LogP contribution in [0.25, 0.3) is 0 Å². The molecule has 0 N–H and O–H groups in total. The van der Waals surface area contributed by atoms with Gasteiger partial charge in [-0.15, -0.1) is 0 Å². The van der Waals surface area contributed by atoms with E-state index in [4.69, 9.17) is 0 Å². The van der Waals surface area contributed by atoms with Crippen molar-refractivity contribution in [3.05, 3.63) is 12.7 Å². The molecular weight excluding hydrogens is 151 g/mol. The maximum absolute atomic E-state index is 11.9. The van der Waals surface area contributed by atoms with Gasteiger partial charge in [0.15, 0.2) is 6.36 Å². The number of hydrogen-bond acceptors (Lipinski definition) is 3. The highest BCUT2D eigenvalue weighted by Crippen LogP contribution is 1.90. The molecule has 0 radical (unpaired) electrons. The molecule has 11 heavy (non-hydrogen) atoms. The molecular formula is C7H11FO3. The fourth-order valence-corrected chi connectivity index (χ4v) is 0.412. The number of alkyl halides is 1. The highest BCUT2D eigenvalue weighted by Gasteiger charge is 1.98. The van der Waals surface area contributed by atoms with Crippen LogP contribution in [0.4, 0.5) is 4.39 Å². The standard InChI is InChI=1S/C7H11FO3/c1-3-7(9)11-5-4-10-6(2)8/h3,6H,1,4-5H2,2H3. The van der Waals surface area contributed by atoms with E-state index in [9.17, 15) is 9.18 Å². The van der Waals surface area contributed by atoms with Crippen molar-refractivity contribution < 1.29 is 18.7 Å². The third-order valence-corrected chi connectivity index (χ3v) is 0.842. The van der Waals surface area contributed by atoms with E-state index < -0.39 is 12.3 Å². The Labute approximate surface area is 64.8 Å². The summed E-state index contributed by atoms with van der Waals surface area (Å²) in [5, 5.41) is 0. The Hall–Kier alpha value is -0.900. The average Bonchev–Trinajstić information content (AvgIpc) is 1.97. The first-order valence-electron chi connectivity index (χ1n) is 3.21. The van der Waals surface area contributed by atoms with E-state index in [1.165, 1.54) is 6.92 Å². The number of hydrogen-bond donors (Lipinski definition) is 0. The molecule has 1 unspecified atom stereocenters. The molecule has 0 saturated carbocycles. The van der Waals surface area contributed by atoms with E-state index in [1.807, 2.05) is 0 Å². The molecule has 0 amide bonds. The van der Waals surface area contributed by atoms with Crippen LogP contribution in [0.2, 0.25) is 0 Å². The predicted octanol–water partition coefficient (Wildman–Crippen LogP) is 1.05. The van der Waals surface area contributed by atoms with Gasteiger partial charge in [-0.1, -0.05) is 6.58 Å². The number of rotatable bonds is 5. The fourth-order valence-electron chi connectivity index (χ4n) is 0.412. The molecule has 0 spiro atoms. The quantitative estimate of drug-likeness (QED) is 0.344. The highest BCUT2D eigenvalue weighted by molar-refractivity contribution is 5.81. The van der Waals surface area contributed by atoms with Gasteiger partial charge in [0.25, 0.3) is 0 Å². The molecule has 1 atom stereocenters. The molecule has 0 aromatic carbocycles. The fraction of sp³-hybridized carbons (Fsp3) is 0.571. The van der Waals surface area contributed by atoms with Gasteiger partial charge < -0.3 is 9.47 Å². The summed E-state index contributed by atoms with van der Waals surface area (Å²) in [6.45, 7) is 4.57. The van der Waals surface area contributed by atoms with Crippen LogP contribution in [-0.2, 0) is 14.3 Å². The number of esters is 1. The van der Waals surface area contributed by atoms with Gasteiger partial charge in [-0.3, -0.25) is 0 Å². The minimum absolute atomic E-state index is 0.0547. The third kappa shape index (κ3) is 6.99. The van der Waals surface area contributed by atoms with Gasteiger partial charge >= 0.3 is 5.97 Å². The zero-order valence-electron chi connectivity index (χ0n) is 6.38. The molecule has 0 aliphatic heterocycles. The van der Waals surface area contributed by atoms with Crippen LogP contribution in [0.5, 0.6) is 0 Å². The van der Waals surface area contributed by atoms with Crippen molar-refractivity contribution in [1.82, 2.24) is 0 Å². The SMILES string of the molecule is C=CC(=O)OCCOC(C)F. The molecule has 0 aromatic rings. The predicted molar refractivity (Wildman–Crippen MR) is 37.7 cm³/mol. The number of ether oxygens (including phenoxy) is 2. The Morgan fingerprint density at radius 1 is 1.73 bits per heavy atom. The Balaban J connectivity index is 3.14. The maximum atomic E-state index is 11.9. The van der Waals surface area contributed by atoms with Crippen molar-refractivity contribution in [3.8, 4) is 0 Å². The summed E-state index contributed by atoms with van der Waals surface area (Å²) >= 11 is 0. The monoisotopic (exact) mass is 162 g/mol. The molecule has 0 fully saturated rings. The van der Waals surface area contributed by atoms with Crippen LogP contribution in [0.15, 0.2) is 12.7 Å². The molecule has 0 rings (SSSR count). The van der Waals surface area contributed by atoms with E-state index in [1.54, 1.807) is 0 Å². The van der Waals surface area contributed by atoms with Gasteiger partial charge in [-0.05, 0) is 6.92 Å². The Morgan fingerprint density at radius 2 is 2.36 bits per heavy atom. The smallest absolute Gasteiger partial charge is 0.330 e. The second kappa shape index (κ2) is 5.85. The first kappa shape index (κ1) is 10.1. The van der Waals surface area contributed by atoms with E-state index in [0.717, 1.165) is 6.08 Å². The van der Waals surface area contributed by atoms with Crippen molar-refractivity contribution >= 4 is 5.97 Å². The summed E-state index contributed by atoms with van der Waals surface area (Å²) < 4.78 is 20.9. The second-order valence-electron chi connectivity index (χ2n) is 1.79. The first-order chi connectivity index (χ1) is 5.16. The lowest BCUT2D eigenvalue weighted by Gasteiger charge is -2.03. The summed E-state index contributed by atoms with van der Waals surface area (Å²) in [4.78, 5) is 10.4. The molecule has 0 bridgehead atoms. The Bertz CT molecular complexity index is 134. The average molecular weight is 162 g/mol. The normalized spacial score (nSPS) is 12.2. The van der Waals surface area contributed by atoms with Crippen LogP contribution in [0.1, 0.15) is 6.92 Å². The van der Waals surface area contributed by atoms with Crippen molar-refractivity contribution in [2.45, 2.75) is 13.3 Å². The van der Waals surface area contributed by atoms with E-state index in [-0.39, 0.29) is 13.2 Å². The largest absolute Gasteiger partial charge is 0.460 e. The molecule has 0 aliphatic rings. The summed E-state index contributed by atoms with van der Waals surface area (Å²) in [7, 11) is 0. The van der Waals surface area contributed by atoms with Crippen molar-refractivity contribution in [3.63, 3.8) is 0 Å². The molecule has 0 saturated heterocycles. The lowest BCUT2D eigenvalue weighted by Crippen LogP contribution is -2.11. The zero-order chi connectivity index (χ0) is 8.69. The van der Waals surface area contributed by atoms with Crippen molar-refractivity contribution in [1.29, 1.82) is 0 Å². The third-order valence-electron chi connectivity index (χ3n) is 0.842. The lowest BCUT2D eigenvalue weighted by molar-refractivity contribution is -0.141. The van der Waals surface area contributed by atoms with Crippen LogP contribution >= 0.6 is 0 Å². The Kier molecular flexibility index (Phi) is 5.37. The lowest BCUT2D eigenvalue weighted by atomic mass is 10.6. The van der Waals surface area contributed by atoms with Crippen LogP contribution < -0.4 is 0 Å². The first-order valence-corrected chi connectivity index (χ1v) is 3.21. The summed E-state index contributed by atoms with van der Waals surface area (Å²) in [5.41, 5.74) is 0. The van der Waals surface area contributed by atoms with E-state index in [0.29, 0.717) is 0 Å². The van der Waals surface area contributed by atoms with Crippen molar-refractivity contribution in [2.24, 2.45) is 0 Å². The summed E-state index contributed by atoms with van der Waals surface area (Å²) in [6, 6.07) is 0. The topological polar surface area (TPSA) is 35.5 Å². The minimum Gasteiger partial charge on any atom is -0.460 e. The molecule has 0 aliphatic carbocycles. The maximum Gasteiger partial charge on any atom is 0.330 e. The van der Waals surface area contributed by atoms with Gasteiger partial charge in [-0.25, -0.2) is 9.18 Å². The van der Waals surface area contributed by atoms with Gasteiger partial charge in [0.05, 0.1) is 6.61 Å². The molecule has 3 nitrogen and oxygen atoms in total. The minimum atomic E-state index is -1.32. The summed E-state index contributed by atoms with van der Waals surface area (Å²) in [5.74, 6) is -0.528. The van der Waals surface area contributed by atoms with Crippen molar-refractivity contribution in [2.75, 3.05) is 13.2 Å². The zero-order valence-corrected chi connectivity index (χ0v) is 6.38. The van der Waals surface area contributed by atoms with Crippen LogP contribution in [-0.4, -0.2) is 25.5 Å². The van der Waals surface area contributed by atoms with E-state index >= 15 is 0 Å². The number of carbonyl (C=O) groups is 1. The second-order valence-corrected chi connectivity index (χ2v) is 1.79. The van der Waals surface area contributed by atoms with Gasteiger partial charge in [0.1, 0.15) is 6.61 Å². The van der Waals surface area contributed by atoms with E-state index in [2.05, 4.69) is 16.1 Å². The van der Waals surface area contributed by atoms with Crippen LogP contribution in [0.3, 0.4) is 0 Å². The number of halogens is 1. The Morgan fingerprint density at radius 3 is 2.82 bits per heavy atom. The van der Waals surface area contributed by atoms with Gasteiger partial charge in [0.2, 0.25) is 0 Å². The molecule has 0 heterocycles. The van der Waals surface area contributed by atoms with Gasteiger partial charge in [0, 0.05) is 6.08 Å². The molecule has 64 valence electrons. The molecule has 4 heteroatoms.